The monoisotopic (exact) mass is 412 g/mol. The van der Waals surface area contributed by atoms with Gasteiger partial charge in [-0.2, -0.15) is 0 Å². The van der Waals surface area contributed by atoms with Crippen LogP contribution in [0.25, 0.3) is 0 Å². The van der Waals surface area contributed by atoms with Gasteiger partial charge in [0.25, 0.3) is 0 Å². The summed E-state index contributed by atoms with van der Waals surface area (Å²) in [6.45, 7) is 8.98. The molecule has 0 N–H and O–H groups in total. The molecule has 3 rings (SSSR count). The van der Waals surface area contributed by atoms with E-state index in [9.17, 15) is 9.59 Å². The van der Waals surface area contributed by atoms with Crippen molar-refractivity contribution in [3.63, 3.8) is 0 Å². The lowest BCUT2D eigenvalue weighted by atomic mass is 9.92. The van der Waals surface area contributed by atoms with E-state index >= 15 is 0 Å². The molecule has 1 aliphatic heterocycles. The van der Waals surface area contributed by atoms with Crippen molar-refractivity contribution in [2.45, 2.75) is 65.5 Å². The van der Waals surface area contributed by atoms with Gasteiger partial charge in [0.15, 0.2) is 0 Å². The molecule has 2 heterocycles. The number of carbonyl (C=O) groups excluding carboxylic acids is 2. The van der Waals surface area contributed by atoms with Gasteiger partial charge in [0.2, 0.25) is 11.8 Å². The first kappa shape index (κ1) is 21.6. The van der Waals surface area contributed by atoms with Crippen LogP contribution in [0.1, 0.15) is 67.6 Å². The minimum atomic E-state index is -0.0714. The van der Waals surface area contributed by atoms with Crippen LogP contribution >= 0.6 is 11.3 Å². The maximum Gasteiger partial charge on any atom is 0.243 e. The first-order valence-electron chi connectivity index (χ1n) is 10.6. The number of carbonyl (C=O) groups is 2. The van der Waals surface area contributed by atoms with E-state index in [1.165, 1.54) is 16.0 Å². The van der Waals surface area contributed by atoms with Crippen molar-refractivity contribution in [1.29, 1.82) is 0 Å². The number of hydrogen-bond donors (Lipinski definition) is 0. The van der Waals surface area contributed by atoms with Crippen LogP contribution in [0, 0.1) is 6.92 Å². The predicted octanol–water partition coefficient (Wildman–Crippen LogP) is 4.96. The van der Waals surface area contributed by atoms with Gasteiger partial charge in [-0.05, 0) is 56.2 Å². The number of nitrogens with zero attached hydrogens (tertiary/aromatic N) is 2. The van der Waals surface area contributed by atoms with Crippen LogP contribution in [0.2, 0.25) is 0 Å². The summed E-state index contributed by atoms with van der Waals surface area (Å²) in [6.07, 6.45) is 3.24. The number of unbranched alkanes of at least 4 members (excludes halogenated alkanes) is 1. The summed E-state index contributed by atoms with van der Waals surface area (Å²) in [5, 5.41) is 2.12. The van der Waals surface area contributed by atoms with Gasteiger partial charge in [-0.25, -0.2) is 0 Å². The molecule has 4 nitrogen and oxygen atoms in total. The Morgan fingerprint density at radius 2 is 1.93 bits per heavy atom. The third-order valence-corrected chi connectivity index (χ3v) is 6.67. The van der Waals surface area contributed by atoms with Crippen LogP contribution in [-0.2, 0) is 16.0 Å². The molecule has 29 heavy (non-hydrogen) atoms. The summed E-state index contributed by atoms with van der Waals surface area (Å²) < 4.78 is 0. The molecular weight excluding hydrogens is 380 g/mol. The lowest BCUT2D eigenvalue weighted by Crippen LogP contribution is -2.48. The van der Waals surface area contributed by atoms with Crippen molar-refractivity contribution in [1.82, 2.24) is 9.80 Å². The van der Waals surface area contributed by atoms with Gasteiger partial charge in [0.1, 0.15) is 6.54 Å². The number of fused-ring (bicyclic) bond motifs is 1. The molecule has 0 bridgehead atoms. The molecular formula is C24H32N2O2S. The Kier molecular flexibility index (Phi) is 7.12. The van der Waals surface area contributed by atoms with E-state index in [0.29, 0.717) is 13.0 Å². The van der Waals surface area contributed by atoms with E-state index < -0.39 is 0 Å². The maximum absolute atomic E-state index is 13.4. The molecule has 1 aromatic carbocycles. The van der Waals surface area contributed by atoms with Crippen LogP contribution in [0.4, 0.5) is 0 Å². The highest BCUT2D eigenvalue weighted by Gasteiger charge is 2.34. The average molecular weight is 413 g/mol. The Morgan fingerprint density at radius 3 is 2.59 bits per heavy atom. The van der Waals surface area contributed by atoms with Crippen molar-refractivity contribution in [2.24, 2.45) is 0 Å². The van der Waals surface area contributed by atoms with Crippen LogP contribution in [0.15, 0.2) is 35.7 Å². The Labute approximate surface area is 178 Å². The SMILES string of the molecule is CCCCC(=O)N(CC(=O)N1CCc2sccc2C1c1ccc(C)cc1)C(C)C. The fraction of sp³-hybridized carbons (Fsp3) is 0.500. The van der Waals surface area contributed by atoms with Crippen molar-refractivity contribution in [3.8, 4) is 0 Å². The smallest absolute Gasteiger partial charge is 0.243 e. The summed E-state index contributed by atoms with van der Waals surface area (Å²) in [4.78, 5) is 31.2. The molecule has 1 aromatic heterocycles. The predicted molar refractivity (Wildman–Crippen MR) is 119 cm³/mol. The fourth-order valence-corrected chi connectivity index (χ4v) is 4.86. The lowest BCUT2D eigenvalue weighted by Gasteiger charge is -2.38. The van der Waals surface area contributed by atoms with Gasteiger partial charge in [-0.1, -0.05) is 43.2 Å². The molecule has 1 unspecified atom stereocenters. The second-order valence-electron chi connectivity index (χ2n) is 8.17. The number of aryl methyl sites for hydroxylation is 1. The average Bonchev–Trinajstić information content (AvgIpc) is 3.18. The van der Waals surface area contributed by atoms with Gasteiger partial charge >= 0.3 is 0 Å². The van der Waals surface area contributed by atoms with E-state index in [1.54, 1.807) is 16.2 Å². The van der Waals surface area contributed by atoms with Gasteiger partial charge in [0, 0.05) is 23.9 Å². The van der Waals surface area contributed by atoms with Crippen LogP contribution in [-0.4, -0.2) is 40.7 Å². The molecule has 0 saturated heterocycles. The summed E-state index contributed by atoms with van der Waals surface area (Å²) in [5.41, 5.74) is 3.57. The standard InChI is InChI=1S/C24H32N2O2S/c1-5-6-7-22(27)26(17(2)3)16-23(28)25-14-12-21-20(13-15-29-21)24(25)19-10-8-18(4)9-11-19/h8-11,13,15,17,24H,5-7,12,14,16H2,1-4H3. The van der Waals surface area contributed by atoms with E-state index in [1.807, 2.05) is 18.7 Å². The third kappa shape index (κ3) is 4.89. The topological polar surface area (TPSA) is 40.6 Å². The first-order valence-corrected chi connectivity index (χ1v) is 11.5. The Morgan fingerprint density at radius 1 is 1.21 bits per heavy atom. The third-order valence-electron chi connectivity index (χ3n) is 5.67. The van der Waals surface area contributed by atoms with Crippen LogP contribution in [0.3, 0.4) is 0 Å². The minimum Gasteiger partial charge on any atom is -0.331 e. The van der Waals surface area contributed by atoms with E-state index in [4.69, 9.17) is 0 Å². The van der Waals surface area contributed by atoms with Crippen molar-refractivity contribution < 1.29 is 9.59 Å². The summed E-state index contributed by atoms with van der Waals surface area (Å²) in [7, 11) is 0. The van der Waals surface area contributed by atoms with Crippen molar-refractivity contribution in [2.75, 3.05) is 13.1 Å². The highest BCUT2D eigenvalue weighted by molar-refractivity contribution is 7.10. The molecule has 1 atom stereocenters. The summed E-state index contributed by atoms with van der Waals surface area (Å²) >= 11 is 1.77. The molecule has 1 aliphatic rings. The second kappa shape index (κ2) is 9.57. The van der Waals surface area contributed by atoms with Crippen LogP contribution in [0.5, 0.6) is 0 Å². The minimum absolute atomic E-state index is 0.0163. The Hall–Kier alpha value is -2.14. The zero-order valence-corrected chi connectivity index (χ0v) is 18.8. The summed E-state index contributed by atoms with van der Waals surface area (Å²) in [5.74, 6) is 0.112. The number of rotatable bonds is 7. The zero-order chi connectivity index (χ0) is 21.0. The number of thiophene rings is 1. The highest BCUT2D eigenvalue weighted by Crippen LogP contribution is 2.38. The molecule has 2 aromatic rings. The molecule has 0 radical (unpaired) electrons. The van der Waals surface area contributed by atoms with E-state index in [0.717, 1.165) is 24.8 Å². The van der Waals surface area contributed by atoms with Crippen molar-refractivity contribution >= 4 is 23.2 Å². The zero-order valence-electron chi connectivity index (χ0n) is 18.0. The first-order chi connectivity index (χ1) is 13.9. The van der Waals surface area contributed by atoms with Gasteiger partial charge in [-0.3, -0.25) is 9.59 Å². The number of amides is 2. The quantitative estimate of drug-likeness (QED) is 0.645. The summed E-state index contributed by atoms with van der Waals surface area (Å²) in [6, 6.07) is 10.6. The van der Waals surface area contributed by atoms with Crippen molar-refractivity contribution in [3.05, 3.63) is 57.3 Å². The molecule has 0 fully saturated rings. The number of hydrogen-bond acceptors (Lipinski definition) is 3. The Balaban J connectivity index is 1.85. The molecule has 0 spiro atoms. The highest BCUT2D eigenvalue weighted by atomic mass is 32.1. The van der Waals surface area contributed by atoms with E-state index in [-0.39, 0.29) is 30.4 Å². The fourth-order valence-electron chi connectivity index (χ4n) is 3.96. The maximum atomic E-state index is 13.4. The molecule has 0 saturated carbocycles. The lowest BCUT2D eigenvalue weighted by molar-refractivity contribution is -0.143. The van der Waals surface area contributed by atoms with Gasteiger partial charge in [0.05, 0.1) is 6.04 Å². The van der Waals surface area contributed by atoms with E-state index in [2.05, 4.69) is 49.6 Å². The molecule has 5 heteroatoms. The molecule has 2 amide bonds. The van der Waals surface area contributed by atoms with Gasteiger partial charge < -0.3 is 9.80 Å². The molecule has 156 valence electrons. The second-order valence-corrected chi connectivity index (χ2v) is 9.17. The Bertz CT molecular complexity index is 841. The van der Waals surface area contributed by atoms with Crippen LogP contribution < -0.4 is 0 Å². The number of benzene rings is 1. The molecule has 0 aliphatic carbocycles. The normalized spacial score (nSPS) is 16.0. The van der Waals surface area contributed by atoms with Gasteiger partial charge in [-0.15, -0.1) is 11.3 Å². The largest absolute Gasteiger partial charge is 0.331 e.